The van der Waals surface area contributed by atoms with Crippen LogP contribution in [0, 0.1) is 10.1 Å². The molecule has 1 amide bonds. The molecule has 2 aromatic carbocycles. The zero-order valence-corrected chi connectivity index (χ0v) is 16.4. The second kappa shape index (κ2) is 8.97. The third-order valence-electron chi connectivity index (χ3n) is 4.71. The zero-order valence-electron chi connectivity index (χ0n) is 16.4. The number of rotatable bonds is 6. The number of carbonyl (C=O) groups is 1. The Hall–Kier alpha value is -3.73. The van der Waals surface area contributed by atoms with Crippen LogP contribution in [0.25, 0.3) is 11.6 Å². The first-order chi connectivity index (χ1) is 14.0. The molecule has 0 spiro atoms. The van der Waals surface area contributed by atoms with E-state index in [0.29, 0.717) is 12.1 Å². The highest BCUT2D eigenvalue weighted by atomic mass is 16.6. The lowest BCUT2D eigenvalue weighted by Gasteiger charge is -2.17. The Balaban J connectivity index is 1.87. The normalized spacial score (nSPS) is 15.7. The molecule has 5 nitrogen and oxygen atoms in total. The lowest BCUT2D eigenvalue weighted by molar-refractivity contribution is -0.384. The van der Waals surface area contributed by atoms with Gasteiger partial charge in [-0.05, 0) is 49.3 Å². The molecule has 5 heteroatoms. The Morgan fingerprint density at radius 3 is 2.48 bits per heavy atom. The first-order valence-corrected chi connectivity index (χ1v) is 9.37. The van der Waals surface area contributed by atoms with Crippen molar-refractivity contribution in [1.82, 2.24) is 0 Å². The number of non-ortho nitro benzene ring substituents is 1. The smallest absolute Gasteiger partial charge is 0.269 e. The van der Waals surface area contributed by atoms with Crippen molar-refractivity contribution in [2.24, 2.45) is 0 Å². The summed E-state index contributed by atoms with van der Waals surface area (Å²) in [4.78, 5) is 25.2. The molecule has 0 saturated carbocycles. The maximum Gasteiger partial charge on any atom is 0.269 e. The second-order valence-electron chi connectivity index (χ2n) is 6.56. The van der Waals surface area contributed by atoms with E-state index in [0.717, 1.165) is 22.4 Å². The number of nitrogens with zero attached hydrogens (tertiary/aromatic N) is 2. The van der Waals surface area contributed by atoms with Crippen LogP contribution in [0.2, 0.25) is 0 Å². The van der Waals surface area contributed by atoms with E-state index in [1.807, 2.05) is 62.4 Å². The Labute approximate surface area is 170 Å². The van der Waals surface area contributed by atoms with Gasteiger partial charge in [0.1, 0.15) is 0 Å². The van der Waals surface area contributed by atoms with Crippen molar-refractivity contribution in [2.75, 3.05) is 11.4 Å². The van der Waals surface area contributed by atoms with Crippen molar-refractivity contribution >= 4 is 28.9 Å². The van der Waals surface area contributed by atoms with Crippen LogP contribution in [0.5, 0.6) is 0 Å². The molecule has 0 aliphatic carbocycles. The van der Waals surface area contributed by atoms with E-state index in [4.69, 9.17) is 0 Å². The quantitative estimate of drug-likeness (QED) is 0.282. The molecule has 0 aromatic heterocycles. The van der Waals surface area contributed by atoms with Crippen LogP contribution < -0.4 is 4.90 Å². The molecule has 146 valence electrons. The molecule has 0 unspecified atom stereocenters. The van der Waals surface area contributed by atoms with Gasteiger partial charge in [0.25, 0.3) is 11.6 Å². The monoisotopic (exact) mass is 386 g/mol. The van der Waals surface area contributed by atoms with Gasteiger partial charge in [0.15, 0.2) is 0 Å². The van der Waals surface area contributed by atoms with Gasteiger partial charge in [0, 0.05) is 23.3 Å². The van der Waals surface area contributed by atoms with Crippen LogP contribution >= 0.6 is 0 Å². The Kier molecular flexibility index (Phi) is 6.19. The van der Waals surface area contributed by atoms with Gasteiger partial charge in [-0.3, -0.25) is 14.9 Å². The van der Waals surface area contributed by atoms with Crippen molar-refractivity contribution in [3.05, 3.63) is 106 Å². The van der Waals surface area contributed by atoms with E-state index in [1.165, 1.54) is 12.1 Å². The van der Waals surface area contributed by atoms with Crippen LogP contribution in [0.15, 0.2) is 84.5 Å². The summed E-state index contributed by atoms with van der Waals surface area (Å²) < 4.78 is 0. The van der Waals surface area contributed by atoms with Crippen LogP contribution in [0.1, 0.15) is 25.0 Å². The van der Waals surface area contributed by atoms with Crippen molar-refractivity contribution in [3.8, 4) is 0 Å². The number of hydrogen-bond donors (Lipinski definition) is 0. The highest BCUT2D eigenvalue weighted by Gasteiger charge is 2.31. The maximum atomic E-state index is 13.1. The molecular formula is C24H22N2O3. The van der Waals surface area contributed by atoms with E-state index >= 15 is 0 Å². The number of benzene rings is 2. The number of para-hydroxylation sites is 1. The number of allylic oxidation sites excluding steroid dienone is 4. The average Bonchev–Trinajstić information content (AvgIpc) is 2.99. The standard InChI is InChI=1S/C24H22N2O3/c1-3-8-18(4-2)17-25-23-12-6-5-10-21(23)22(24(25)27)11-7-9-19-13-15-20(16-14-19)26(28)29/h3-16H,17H2,1-2H3/b8-3-,9-7+,18-4+,22-11-. The maximum absolute atomic E-state index is 13.1. The SMILES string of the molecule is C/C=C\C(=C/C)CN1C(=O)/C(=C\C=C\c2ccc([N+](=O)[O-])cc2)c2ccccc21. The summed E-state index contributed by atoms with van der Waals surface area (Å²) in [6.45, 7) is 4.43. The number of hydrogen-bond acceptors (Lipinski definition) is 3. The number of amides is 1. The van der Waals surface area contributed by atoms with Crippen molar-refractivity contribution in [3.63, 3.8) is 0 Å². The summed E-state index contributed by atoms with van der Waals surface area (Å²) in [7, 11) is 0. The minimum atomic E-state index is -0.426. The Bertz CT molecular complexity index is 1040. The van der Waals surface area contributed by atoms with Gasteiger partial charge in [-0.15, -0.1) is 0 Å². The highest BCUT2D eigenvalue weighted by molar-refractivity contribution is 6.33. The lowest BCUT2D eigenvalue weighted by atomic mass is 10.1. The minimum absolute atomic E-state index is 0.0385. The van der Waals surface area contributed by atoms with Gasteiger partial charge in [-0.1, -0.05) is 48.6 Å². The molecule has 2 aromatic rings. The van der Waals surface area contributed by atoms with E-state index in [9.17, 15) is 14.9 Å². The molecule has 1 heterocycles. The van der Waals surface area contributed by atoms with Gasteiger partial charge < -0.3 is 4.90 Å². The summed E-state index contributed by atoms with van der Waals surface area (Å²) in [5, 5.41) is 10.8. The van der Waals surface area contributed by atoms with E-state index in [-0.39, 0.29) is 11.6 Å². The van der Waals surface area contributed by atoms with Gasteiger partial charge in [0.2, 0.25) is 0 Å². The molecule has 29 heavy (non-hydrogen) atoms. The van der Waals surface area contributed by atoms with Gasteiger partial charge in [-0.25, -0.2) is 0 Å². The predicted molar refractivity (Wildman–Crippen MR) is 117 cm³/mol. The molecule has 1 aliphatic heterocycles. The van der Waals surface area contributed by atoms with Crippen molar-refractivity contribution < 1.29 is 9.72 Å². The fourth-order valence-corrected chi connectivity index (χ4v) is 3.22. The van der Waals surface area contributed by atoms with Gasteiger partial charge >= 0.3 is 0 Å². The second-order valence-corrected chi connectivity index (χ2v) is 6.56. The first-order valence-electron chi connectivity index (χ1n) is 9.37. The minimum Gasteiger partial charge on any atom is -0.303 e. The summed E-state index contributed by atoms with van der Waals surface area (Å²) in [5.74, 6) is -0.0385. The molecule has 3 rings (SSSR count). The summed E-state index contributed by atoms with van der Waals surface area (Å²) in [6.07, 6.45) is 11.4. The molecule has 0 fully saturated rings. The van der Waals surface area contributed by atoms with E-state index in [2.05, 4.69) is 0 Å². The molecule has 0 bridgehead atoms. The number of fused-ring (bicyclic) bond motifs is 1. The van der Waals surface area contributed by atoms with Crippen molar-refractivity contribution in [2.45, 2.75) is 13.8 Å². The fraction of sp³-hybridized carbons (Fsp3) is 0.125. The van der Waals surface area contributed by atoms with E-state index in [1.54, 1.807) is 29.2 Å². The van der Waals surface area contributed by atoms with Crippen LogP contribution in [-0.2, 0) is 4.79 Å². The number of carbonyl (C=O) groups excluding carboxylic acids is 1. The number of nitro benzene ring substituents is 1. The molecule has 0 atom stereocenters. The molecule has 0 saturated heterocycles. The number of anilines is 1. The average molecular weight is 386 g/mol. The van der Waals surface area contributed by atoms with Gasteiger partial charge in [-0.2, -0.15) is 0 Å². The predicted octanol–water partition coefficient (Wildman–Crippen LogP) is 5.56. The van der Waals surface area contributed by atoms with E-state index < -0.39 is 4.92 Å². The molecule has 1 aliphatic rings. The topological polar surface area (TPSA) is 63.5 Å². The fourth-order valence-electron chi connectivity index (χ4n) is 3.22. The summed E-state index contributed by atoms with van der Waals surface area (Å²) in [6, 6.07) is 14.0. The van der Waals surface area contributed by atoms with Crippen LogP contribution in [-0.4, -0.2) is 17.4 Å². The van der Waals surface area contributed by atoms with Crippen molar-refractivity contribution in [1.29, 1.82) is 0 Å². The Morgan fingerprint density at radius 1 is 1.10 bits per heavy atom. The summed E-state index contributed by atoms with van der Waals surface area (Å²) in [5.41, 5.74) is 4.38. The largest absolute Gasteiger partial charge is 0.303 e. The lowest BCUT2D eigenvalue weighted by Crippen LogP contribution is -2.28. The summed E-state index contributed by atoms with van der Waals surface area (Å²) >= 11 is 0. The molecule has 0 N–H and O–H groups in total. The van der Waals surface area contributed by atoms with Crippen LogP contribution in [0.3, 0.4) is 0 Å². The van der Waals surface area contributed by atoms with Crippen LogP contribution in [0.4, 0.5) is 11.4 Å². The third kappa shape index (κ3) is 4.41. The van der Waals surface area contributed by atoms with Gasteiger partial charge in [0.05, 0.1) is 17.2 Å². The highest BCUT2D eigenvalue weighted by Crippen LogP contribution is 2.37. The number of nitro groups is 1. The molecule has 0 radical (unpaired) electrons. The first kappa shape index (κ1) is 20.0. The zero-order chi connectivity index (χ0) is 20.8. The third-order valence-corrected chi connectivity index (χ3v) is 4.71. The molecular weight excluding hydrogens is 364 g/mol. The Morgan fingerprint density at radius 2 is 1.83 bits per heavy atom.